The Morgan fingerprint density at radius 3 is 2.56 bits per heavy atom. The van der Waals surface area contributed by atoms with Gasteiger partial charge in [-0.1, -0.05) is 6.07 Å². The van der Waals surface area contributed by atoms with E-state index < -0.39 is 6.10 Å². The number of rotatable bonds is 7. The smallest absolute Gasteiger partial charge is 0.409 e. The van der Waals surface area contributed by atoms with E-state index in [1.165, 1.54) is 0 Å². The third-order valence-corrected chi connectivity index (χ3v) is 3.85. The fraction of sp³-hybridized carbons (Fsp3) is 0.588. The number of nitrogens with zero attached hydrogens (tertiary/aromatic N) is 2. The molecule has 8 heteroatoms. The molecule has 1 fully saturated rings. The van der Waals surface area contributed by atoms with Crippen molar-refractivity contribution in [2.45, 2.75) is 13.0 Å². The minimum atomic E-state index is -0.592. The summed E-state index contributed by atoms with van der Waals surface area (Å²) >= 11 is 0. The summed E-state index contributed by atoms with van der Waals surface area (Å²) in [5.41, 5.74) is 0. The zero-order valence-corrected chi connectivity index (χ0v) is 15.5. The number of β-amino-alcohol motifs (C(OH)–C–C–N with tert-alkyl or cyclic N) is 1. The van der Waals surface area contributed by atoms with Crippen LogP contribution in [0, 0.1) is 0 Å². The summed E-state index contributed by atoms with van der Waals surface area (Å²) in [5.74, 6) is 1.39. The van der Waals surface area contributed by atoms with Crippen LogP contribution in [0.2, 0.25) is 0 Å². The number of aliphatic hydroxyl groups is 1. The molecule has 25 heavy (non-hydrogen) atoms. The molecule has 1 aliphatic heterocycles. The second kappa shape index (κ2) is 11.0. The van der Waals surface area contributed by atoms with E-state index in [0.717, 1.165) is 18.8 Å². The largest absolute Gasteiger partial charge is 0.497 e. The molecule has 1 amide bonds. The van der Waals surface area contributed by atoms with Crippen LogP contribution >= 0.6 is 12.4 Å². The SMILES string of the molecule is CCOC(=O)N1CCN(CC(O)COc2cccc(OC)c2)CC1.Cl. The van der Waals surface area contributed by atoms with Crippen LogP contribution in [-0.2, 0) is 4.74 Å². The lowest BCUT2D eigenvalue weighted by atomic mass is 10.2. The molecular weight excluding hydrogens is 348 g/mol. The van der Waals surface area contributed by atoms with E-state index in [1.807, 2.05) is 18.2 Å². The average Bonchev–Trinajstić information content (AvgIpc) is 2.61. The van der Waals surface area contributed by atoms with Crippen molar-refractivity contribution >= 4 is 18.5 Å². The molecule has 1 heterocycles. The van der Waals surface area contributed by atoms with Crippen LogP contribution < -0.4 is 9.47 Å². The summed E-state index contributed by atoms with van der Waals surface area (Å²) < 4.78 is 15.7. The standard InChI is InChI=1S/C17H26N2O5.ClH/c1-3-23-17(21)19-9-7-18(8-10-19)12-14(20)13-24-16-6-4-5-15(11-16)22-2;/h4-6,11,14,20H,3,7-10,12-13H2,1-2H3;1H. The molecule has 0 aliphatic carbocycles. The van der Waals surface area contributed by atoms with Gasteiger partial charge in [0, 0.05) is 38.8 Å². The number of hydrogen-bond donors (Lipinski definition) is 1. The molecule has 142 valence electrons. The number of hydrogen-bond acceptors (Lipinski definition) is 6. The first-order chi connectivity index (χ1) is 11.6. The van der Waals surface area contributed by atoms with E-state index in [0.29, 0.717) is 32.0 Å². The van der Waals surface area contributed by atoms with Crippen LogP contribution in [0.15, 0.2) is 24.3 Å². The lowest BCUT2D eigenvalue weighted by Gasteiger charge is -2.34. The first-order valence-corrected chi connectivity index (χ1v) is 8.21. The maximum absolute atomic E-state index is 11.6. The Labute approximate surface area is 154 Å². The van der Waals surface area contributed by atoms with E-state index in [-0.39, 0.29) is 25.1 Å². The first kappa shape index (κ1) is 21.3. The molecule has 0 spiro atoms. The van der Waals surface area contributed by atoms with Crippen molar-refractivity contribution in [2.75, 3.05) is 53.0 Å². The van der Waals surface area contributed by atoms with Gasteiger partial charge in [0.15, 0.2) is 0 Å². The number of aliphatic hydroxyl groups excluding tert-OH is 1. The number of methoxy groups -OCH3 is 1. The molecule has 1 aliphatic rings. The van der Waals surface area contributed by atoms with E-state index in [1.54, 1.807) is 25.0 Å². The molecule has 1 N–H and O–H groups in total. The van der Waals surface area contributed by atoms with Crippen LogP contribution in [0.4, 0.5) is 4.79 Å². The highest BCUT2D eigenvalue weighted by Gasteiger charge is 2.23. The highest BCUT2D eigenvalue weighted by Crippen LogP contribution is 2.19. The van der Waals surface area contributed by atoms with E-state index in [2.05, 4.69) is 4.90 Å². The molecule has 1 aromatic carbocycles. The van der Waals surface area contributed by atoms with Crippen molar-refractivity contribution in [3.8, 4) is 11.5 Å². The Morgan fingerprint density at radius 2 is 1.92 bits per heavy atom. The number of benzene rings is 1. The molecule has 0 aromatic heterocycles. The summed E-state index contributed by atoms with van der Waals surface area (Å²) in [5, 5.41) is 10.1. The minimum Gasteiger partial charge on any atom is -0.497 e. The van der Waals surface area contributed by atoms with E-state index >= 15 is 0 Å². The molecule has 1 aromatic rings. The Balaban J connectivity index is 0.00000312. The summed E-state index contributed by atoms with van der Waals surface area (Å²) in [7, 11) is 1.60. The normalized spacial score (nSPS) is 15.9. The van der Waals surface area contributed by atoms with Gasteiger partial charge in [-0.15, -0.1) is 12.4 Å². The number of amides is 1. The number of piperazine rings is 1. The number of ether oxygens (including phenoxy) is 3. The highest BCUT2D eigenvalue weighted by molar-refractivity contribution is 5.85. The predicted molar refractivity (Wildman–Crippen MR) is 96.8 cm³/mol. The number of halogens is 1. The average molecular weight is 375 g/mol. The Morgan fingerprint density at radius 1 is 1.24 bits per heavy atom. The molecule has 0 saturated carbocycles. The van der Waals surface area contributed by atoms with Crippen LogP contribution in [0.3, 0.4) is 0 Å². The first-order valence-electron chi connectivity index (χ1n) is 8.21. The number of carbonyl (C=O) groups is 1. The van der Waals surface area contributed by atoms with Crippen LogP contribution in [0.1, 0.15) is 6.92 Å². The third kappa shape index (κ3) is 6.97. The van der Waals surface area contributed by atoms with Crippen LogP contribution in [-0.4, -0.2) is 80.2 Å². The second-order valence-corrected chi connectivity index (χ2v) is 5.63. The quantitative estimate of drug-likeness (QED) is 0.782. The summed E-state index contributed by atoms with van der Waals surface area (Å²) in [6.07, 6.45) is -0.857. The molecule has 0 bridgehead atoms. The fourth-order valence-corrected chi connectivity index (χ4v) is 2.56. The predicted octanol–water partition coefficient (Wildman–Crippen LogP) is 1.63. The van der Waals surface area contributed by atoms with Crippen molar-refractivity contribution in [1.82, 2.24) is 9.80 Å². The third-order valence-electron chi connectivity index (χ3n) is 3.85. The molecule has 1 unspecified atom stereocenters. The maximum Gasteiger partial charge on any atom is 0.409 e. The highest BCUT2D eigenvalue weighted by atomic mass is 35.5. The van der Waals surface area contributed by atoms with Gasteiger partial charge in [0.25, 0.3) is 0 Å². The Bertz CT molecular complexity index is 524. The van der Waals surface area contributed by atoms with Crippen molar-refractivity contribution in [2.24, 2.45) is 0 Å². The molecule has 7 nitrogen and oxygen atoms in total. The van der Waals surface area contributed by atoms with Gasteiger partial charge in [-0.2, -0.15) is 0 Å². The van der Waals surface area contributed by atoms with Gasteiger partial charge in [-0.25, -0.2) is 4.79 Å². The van der Waals surface area contributed by atoms with E-state index in [4.69, 9.17) is 14.2 Å². The van der Waals surface area contributed by atoms with Gasteiger partial charge < -0.3 is 24.2 Å². The van der Waals surface area contributed by atoms with Gasteiger partial charge in [-0.3, -0.25) is 4.90 Å². The van der Waals surface area contributed by atoms with Crippen LogP contribution in [0.5, 0.6) is 11.5 Å². The second-order valence-electron chi connectivity index (χ2n) is 5.63. The van der Waals surface area contributed by atoms with Crippen molar-refractivity contribution in [3.63, 3.8) is 0 Å². The van der Waals surface area contributed by atoms with Gasteiger partial charge in [0.1, 0.15) is 24.2 Å². The summed E-state index contributed by atoms with van der Waals surface area (Å²) in [4.78, 5) is 15.5. The lowest BCUT2D eigenvalue weighted by Crippen LogP contribution is -2.51. The zero-order valence-electron chi connectivity index (χ0n) is 14.7. The van der Waals surface area contributed by atoms with Gasteiger partial charge in [0.05, 0.1) is 13.7 Å². The van der Waals surface area contributed by atoms with Crippen molar-refractivity contribution in [3.05, 3.63) is 24.3 Å². The zero-order chi connectivity index (χ0) is 17.4. The van der Waals surface area contributed by atoms with E-state index in [9.17, 15) is 9.90 Å². The Hall–Kier alpha value is -1.70. The summed E-state index contributed by atoms with van der Waals surface area (Å²) in [6.45, 7) is 5.58. The number of carbonyl (C=O) groups excluding carboxylic acids is 1. The van der Waals surface area contributed by atoms with Gasteiger partial charge >= 0.3 is 6.09 Å². The van der Waals surface area contributed by atoms with Crippen molar-refractivity contribution in [1.29, 1.82) is 0 Å². The molecule has 1 saturated heterocycles. The molecule has 2 rings (SSSR count). The molecular formula is C17H27ClN2O5. The Kier molecular flexibility index (Phi) is 9.41. The topological polar surface area (TPSA) is 71.5 Å². The molecule has 0 radical (unpaired) electrons. The summed E-state index contributed by atoms with van der Waals surface area (Å²) in [6, 6.07) is 7.29. The van der Waals surface area contributed by atoms with Gasteiger partial charge in [-0.05, 0) is 19.1 Å². The fourth-order valence-electron chi connectivity index (χ4n) is 2.56. The van der Waals surface area contributed by atoms with Gasteiger partial charge in [0.2, 0.25) is 0 Å². The van der Waals surface area contributed by atoms with Crippen molar-refractivity contribution < 1.29 is 24.1 Å². The lowest BCUT2D eigenvalue weighted by molar-refractivity contribution is 0.0407. The maximum atomic E-state index is 11.6. The molecule has 1 atom stereocenters. The monoisotopic (exact) mass is 374 g/mol. The van der Waals surface area contributed by atoms with Crippen LogP contribution in [0.25, 0.3) is 0 Å². The minimum absolute atomic E-state index is 0.